The normalized spacial score (nSPS) is 10.6. The number of hydrogen-bond acceptors (Lipinski definition) is 1. The van der Waals surface area contributed by atoms with Crippen LogP contribution in [-0.2, 0) is 4.79 Å². The summed E-state index contributed by atoms with van der Waals surface area (Å²) in [5, 5.41) is 2.84. The first-order valence-corrected chi connectivity index (χ1v) is 8.46. The van der Waals surface area contributed by atoms with E-state index in [-0.39, 0.29) is 11.7 Å². The van der Waals surface area contributed by atoms with Gasteiger partial charge in [-0.3, -0.25) is 4.79 Å². The van der Waals surface area contributed by atoms with Gasteiger partial charge in [-0.15, -0.1) is 0 Å². The molecule has 0 bridgehead atoms. The maximum Gasteiger partial charge on any atom is 0.224 e. The number of amides is 1. The topological polar surface area (TPSA) is 29.1 Å². The summed E-state index contributed by atoms with van der Waals surface area (Å²) in [6.45, 7) is 2.21. The molecule has 0 aliphatic rings. The van der Waals surface area contributed by atoms with Gasteiger partial charge in [-0.05, 0) is 47.2 Å². The molecule has 0 atom stereocenters. The molecule has 0 aliphatic carbocycles. The Morgan fingerprint density at radius 2 is 1.80 bits per heavy atom. The van der Waals surface area contributed by atoms with Crippen molar-refractivity contribution in [2.75, 3.05) is 5.32 Å². The van der Waals surface area contributed by atoms with Crippen LogP contribution in [0.2, 0.25) is 0 Å². The summed E-state index contributed by atoms with van der Waals surface area (Å²) < 4.78 is 13.7. The lowest BCUT2D eigenvalue weighted by molar-refractivity contribution is -0.116. The molecule has 0 unspecified atom stereocenters. The average molecular weight is 391 g/mol. The van der Waals surface area contributed by atoms with E-state index in [1.54, 1.807) is 6.07 Å². The summed E-state index contributed by atoms with van der Waals surface area (Å²) in [6.07, 6.45) is 8.93. The molecule has 0 heterocycles. The molecule has 20 heavy (non-hydrogen) atoms. The van der Waals surface area contributed by atoms with E-state index in [4.69, 9.17) is 0 Å². The van der Waals surface area contributed by atoms with Crippen LogP contribution in [0.4, 0.5) is 10.1 Å². The van der Waals surface area contributed by atoms with Gasteiger partial charge in [0.1, 0.15) is 5.82 Å². The van der Waals surface area contributed by atoms with Crippen molar-refractivity contribution in [2.24, 2.45) is 0 Å². The summed E-state index contributed by atoms with van der Waals surface area (Å²) in [5.41, 5.74) is 0.694. The minimum absolute atomic E-state index is 0.0167. The van der Waals surface area contributed by atoms with E-state index in [2.05, 4.69) is 12.2 Å². The monoisotopic (exact) mass is 391 g/mol. The largest absolute Gasteiger partial charge is 0.325 e. The molecule has 1 rings (SSSR count). The molecule has 1 N–H and O–H groups in total. The molecule has 4 heteroatoms. The third kappa shape index (κ3) is 7.22. The second-order valence-electron chi connectivity index (χ2n) is 5.04. The van der Waals surface area contributed by atoms with Crippen LogP contribution in [0.5, 0.6) is 0 Å². The lowest BCUT2D eigenvalue weighted by Crippen LogP contribution is -2.12. The summed E-state index contributed by atoms with van der Waals surface area (Å²) in [4.78, 5) is 11.8. The number of anilines is 1. The standard InChI is InChI=1S/C16H23FINO/c1-2-3-4-5-6-7-8-9-16(20)19-15-11-10-13(17)12-14(15)18/h10-12H,2-9H2,1H3,(H,19,20). The fourth-order valence-corrected chi connectivity index (χ4v) is 2.66. The summed E-state index contributed by atoms with van der Waals surface area (Å²) >= 11 is 2.03. The van der Waals surface area contributed by atoms with Gasteiger partial charge in [0.2, 0.25) is 5.91 Å². The zero-order valence-electron chi connectivity index (χ0n) is 12.1. The maximum atomic E-state index is 12.9. The van der Waals surface area contributed by atoms with Crippen LogP contribution < -0.4 is 5.32 Å². The van der Waals surface area contributed by atoms with E-state index < -0.39 is 0 Å². The van der Waals surface area contributed by atoms with Crippen molar-refractivity contribution in [3.63, 3.8) is 0 Å². The molecule has 1 aromatic carbocycles. The molecule has 1 aromatic rings. The van der Waals surface area contributed by atoms with Crippen molar-refractivity contribution >= 4 is 34.2 Å². The van der Waals surface area contributed by atoms with Crippen molar-refractivity contribution in [1.82, 2.24) is 0 Å². The van der Waals surface area contributed by atoms with Crippen LogP contribution in [-0.4, -0.2) is 5.91 Å². The highest BCUT2D eigenvalue weighted by Gasteiger charge is 2.06. The van der Waals surface area contributed by atoms with Crippen LogP contribution in [0.15, 0.2) is 18.2 Å². The smallest absolute Gasteiger partial charge is 0.224 e. The van der Waals surface area contributed by atoms with E-state index in [1.807, 2.05) is 22.6 Å². The van der Waals surface area contributed by atoms with E-state index in [0.29, 0.717) is 12.1 Å². The Morgan fingerprint density at radius 3 is 2.45 bits per heavy atom. The first-order valence-electron chi connectivity index (χ1n) is 7.38. The number of nitrogens with one attached hydrogen (secondary N) is 1. The number of rotatable bonds is 9. The number of carbonyl (C=O) groups is 1. The lowest BCUT2D eigenvalue weighted by atomic mass is 10.1. The van der Waals surface area contributed by atoms with E-state index in [1.165, 1.54) is 44.2 Å². The van der Waals surface area contributed by atoms with Gasteiger partial charge in [-0.25, -0.2) is 4.39 Å². The number of halogens is 2. The van der Waals surface area contributed by atoms with Crippen LogP contribution in [0, 0.1) is 9.39 Å². The minimum Gasteiger partial charge on any atom is -0.325 e. The quantitative estimate of drug-likeness (QED) is 0.437. The van der Waals surface area contributed by atoms with E-state index >= 15 is 0 Å². The Morgan fingerprint density at radius 1 is 1.15 bits per heavy atom. The molecule has 0 saturated carbocycles. The molecule has 0 spiro atoms. The van der Waals surface area contributed by atoms with Gasteiger partial charge in [0.05, 0.1) is 5.69 Å². The minimum atomic E-state index is -0.278. The SMILES string of the molecule is CCCCCCCCCC(=O)Nc1ccc(F)cc1I. The Balaban J connectivity index is 2.17. The summed E-state index contributed by atoms with van der Waals surface area (Å²) in [7, 11) is 0. The molecule has 0 radical (unpaired) electrons. The van der Waals surface area contributed by atoms with Gasteiger partial charge in [0.15, 0.2) is 0 Å². The van der Waals surface area contributed by atoms with E-state index in [9.17, 15) is 9.18 Å². The number of benzene rings is 1. The molecular formula is C16H23FINO. The fraction of sp³-hybridized carbons (Fsp3) is 0.562. The molecule has 0 fully saturated rings. The maximum absolute atomic E-state index is 12.9. The van der Waals surface area contributed by atoms with Gasteiger partial charge < -0.3 is 5.32 Å². The highest BCUT2D eigenvalue weighted by molar-refractivity contribution is 14.1. The Labute approximate surface area is 134 Å². The predicted octanol–water partition coefficient (Wildman–Crippen LogP) is 5.51. The molecular weight excluding hydrogens is 368 g/mol. The van der Waals surface area contributed by atoms with E-state index in [0.717, 1.165) is 16.4 Å². The van der Waals surface area contributed by atoms with Gasteiger partial charge in [0, 0.05) is 9.99 Å². The van der Waals surface area contributed by atoms with Crippen LogP contribution in [0.25, 0.3) is 0 Å². The molecule has 0 saturated heterocycles. The van der Waals surface area contributed by atoms with Gasteiger partial charge in [0.25, 0.3) is 0 Å². The second-order valence-corrected chi connectivity index (χ2v) is 6.21. The average Bonchev–Trinajstić information content (AvgIpc) is 2.41. The summed E-state index contributed by atoms with van der Waals surface area (Å²) in [6, 6.07) is 4.40. The number of hydrogen-bond donors (Lipinski definition) is 1. The van der Waals surface area contributed by atoms with Crippen LogP contribution in [0.1, 0.15) is 58.3 Å². The molecule has 1 amide bonds. The molecule has 0 aromatic heterocycles. The zero-order valence-corrected chi connectivity index (χ0v) is 14.2. The third-order valence-electron chi connectivity index (χ3n) is 3.21. The molecule has 2 nitrogen and oxygen atoms in total. The Hall–Kier alpha value is -0.650. The first kappa shape index (κ1) is 17.4. The predicted molar refractivity (Wildman–Crippen MR) is 90.4 cm³/mol. The first-order chi connectivity index (χ1) is 9.63. The highest BCUT2D eigenvalue weighted by Crippen LogP contribution is 2.19. The zero-order chi connectivity index (χ0) is 14.8. The summed E-state index contributed by atoms with van der Waals surface area (Å²) in [5.74, 6) is -0.262. The van der Waals surface area contributed by atoms with Crippen molar-refractivity contribution in [3.8, 4) is 0 Å². The Kier molecular flexibility index (Phi) is 8.82. The molecule has 112 valence electrons. The van der Waals surface area contributed by atoms with Gasteiger partial charge in [-0.1, -0.05) is 45.4 Å². The third-order valence-corrected chi connectivity index (χ3v) is 4.11. The van der Waals surface area contributed by atoms with Crippen molar-refractivity contribution in [3.05, 3.63) is 27.6 Å². The van der Waals surface area contributed by atoms with Crippen LogP contribution >= 0.6 is 22.6 Å². The molecule has 0 aliphatic heterocycles. The highest BCUT2D eigenvalue weighted by atomic mass is 127. The van der Waals surface area contributed by atoms with Crippen molar-refractivity contribution < 1.29 is 9.18 Å². The van der Waals surface area contributed by atoms with Crippen molar-refractivity contribution in [1.29, 1.82) is 0 Å². The fourth-order valence-electron chi connectivity index (χ4n) is 2.05. The van der Waals surface area contributed by atoms with Crippen LogP contribution in [0.3, 0.4) is 0 Å². The second kappa shape index (κ2) is 10.1. The van der Waals surface area contributed by atoms with Gasteiger partial charge in [-0.2, -0.15) is 0 Å². The van der Waals surface area contributed by atoms with Crippen molar-refractivity contribution in [2.45, 2.75) is 58.3 Å². The Bertz CT molecular complexity index is 423. The lowest BCUT2D eigenvalue weighted by Gasteiger charge is -2.07. The number of unbranched alkanes of at least 4 members (excludes halogenated alkanes) is 6. The van der Waals surface area contributed by atoms with Gasteiger partial charge >= 0.3 is 0 Å². The number of carbonyl (C=O) groups excluding carboxylic acids is 1.